The van der Waals surface area contributed by atoms with Crippen molar-refractivity contribution in [3.8, 4) is 0 Å². The summed E-state index contributed by atoms with van der Waals surface area (Å²) in [6.07, 6.45) is 17.0. The standard InChI is InChI=1S/C16H24O2/c1-2-14-18-16(17)15-12-10-8-6-4-3-5-7-9-11-13-15/h2,8,10,12H,1,3-7,9,11,13-14H2/b10-8+,15-12+. The molecule has 0 aromatic heterocycles. The van der Waals surface area contributed by atoms with E-state index in [0.717, 1.165) is 24.8 Å². The van der Waals surface area contributed by atoms with Gasteiger partial charge in [0.1, 0.15) is 6.61 Å². The zero-order chi connectivity index (χ0) is 13.1. The SMILES string of the molecule is C=CCOC(=O)/C1=C/C=C/CCCCCCCC1. The number of rotatable bonds is 3. The molecule has 0 atom stereocenters. The summed E-state index contributed by atoms with van der Waals surface area (Å²) in [6.45, 7) is 3.84. The molecule has 0 N–H and O–H groups in total. The van der Waals surface area contributed by atoms with Gasteiger partial charge in [0.15, 0.2) is 0 Å². The Labute approximate surface area is 110 Å². The van der Waals surface area contributed by atoms with E-state index in [1.807, 2.05) is 12.2 Å². The second-order valence-electron chi connectivity index (χ2n) is 4.67. The minimum Gasteiger partial charge on any atom is -0.458 e. The summed E-state index contributed by atoms with van der Waals surface area (Å²) in [5.74, 6) is -0.198. The summed E-state index contributed by atoms with van der Waals surface area (Å²) in [4.78, 5) is 11.8. The van der Waals surface area contributed by atoms with Gasteiger partial charge in [-0.25, -0.2) is 4.79 Å². The summed E-state index contributed by atoms with van der Waals surface area (Å²) >= 11 is 0. The maximum atomic E-state index is 11.8. The largest absolute Gasteiger partial charge is 0.458 e. The molecule has 0 aromatic rings. The molecule has 2 nitrogen and oxygen atoms in total. The molecule has 0 unspecified atom stereocenters. The lowest BCUT2D eigenvalue weighted by atomic mass is 10.0. The second-order valence-corrected chi connectivity index (χ2v) is 4.67. The van der Waals surface area contributed by atoms with Crippen LogP contribution in [0, 0.1) is 0 Å². The van der Waals surface area contributed by atoms with E-state index in [1.165, 1.54) is 32.1 Å². The Morgan fingerprint density at radius 2 is 1.94 bits per heavy atom. The Bertz CT molecular complexity index is 313. The molecule has 0 amide bonds. The lowest BCUT2D eigenvalue weighted by Crippen LogP contribution is -2.08. The van der Waals surface area contributed by atoms with Gasteiger partial charge < -0.3 is 4.74 Å². The van der Waals surface area contributed by atoms with Crippen LogP contribution in [-0.2, 0) is 9.53 Å². The van der Waals surface area contributed by atoms with Crippen molar-refractivity contribution in [1.29, 1.82) is 0 Å². The molecule has 0 heterocycles. The minimum absolute atomic E-state index is 0.198. The van der Waals surface area contributed by atoms with Crippen molar-refractivity contribution in [1.82, 2.24) is 0 Å². The molecule has 2 heteroatoms. The molecule has 0 fully saturated rings. The third-order valence-electron chi connectivity index (χ3n) is 3.09. The van der Waals surface area contributed by atoms with E-state index in [0.29, 0.717) is 6.61 Å². The molecule has 0 bridgehead atoms. The van der Waals surface area contributed by atoms with Crippen LogP contribution in [0.4, 0.5) is 0 Å². The van der Waals surface area contributed by atoms with Gasteiger partial charge in [-0.2, -0.15) is 0 Å². The highest BCUT2D eigenvalue weighted by atomic mass is 16.5. The number of ether oxygens (including phenoxy) is 1. The number of allylic oxidation sites excluding steroid dienone is 3. The molecular weight excluding hydrogens is 224 g/mol. The van der Waals surface area contributed by atoms with Gasteiger partial charge in [0, 0.05) is 5.57 Å². The highest BCUT2D eigenvalue weighted by Crippen LogP contribution is 2.15. The Hall–Kier alpha value is -1.31. The number of hydrogen-bond acceptors (Lipinski definition) is 2. The maximum Gasteiger partial charge on any atom is 0.334 e. The molecule has 100 valence electrons. The van der Waals surface area contributed by atoms with Gasteiger partial charge in [-0.1, -0.05) is 56.6 Å². The topological polar surface area (TPSA) is 26.3 Å². The quantitative estimate of drug-likeness (QED) is 0.549. The number of carbonyl (C=O) groups excluding carboxylic acids is 1. The van der Waals surface area contributed by atoms with Gasteiger partial charge in [0.2, 0.25) is 0 Å². The van der Waals surface area contributed by atoms with Gasteiger partial charge in [-0.15, -0.1) is 0 Å². The van der Waals surface area contributed by atoms with E-state index in [1.54, 1.807) is 6.08 Å². The summed E-state index contributed by atoms with van der Waals surface area (Å²) < 4.78 is 5.10. The van der Waals surface area contributed by atoms with Crippen LogP contribution in [0.25, 0.3) is 0 Å². The zero-order valence-electron chi connectivity index (χ0n) is 11.2. The Morgan fingerprint density at radius 1 is 1.22 bits per heavy atom. The van der Waals surface area contributed by atoms with E-state index < -0.39 is 0 Å². The smallest absolute Gasteiger partial charge is 0.334 e. The fourth-order valence-corrected chi connectivity index (χ4v) is 2.05. The van der Waals surface area contributed by atoms with Crippen molar-refractivity contribution in [3.05, 3.63) is 36.5 Å². The van der Waals surface area contributed by atoms with Crippen LogP contribution in [-0.4, -0.2) is 12.6 Å². The van der Waals surface area contributed by atoms with Gasteiger partial charge in [-0.3, -0.25) is 0 Å². The van der Waals surface area contributed by atoms with E-state index in [4.69, 9.17) is 4.74 Å². The summed E-state index contributed by atoms with van der Waals surface area (Å²) in [6, 6.07) is 0. The highest BCUT2D eigenvalue weighted by Gasteiger charge is 2.09. The van der Waals surface area contributed by atoms with Gasteiger partial charge in [0.25, 0.3) is 0 Å². The summed E-state index contributed by atoms with van der Waals surface area (Å²) in [5, 5.41) is 0. The normalized spacial score (nSPS) is 22.8. The average Bonchev–Trinajstić information content (AvgIpc) is 2.36. The first-order valence-corrected chi connectivity index (χ1v) is 6.98. The van der Waals surface area contributed by atoms with E-state index >= 15 is 0 Å². The number of esters is 1. The van der Waals surface area contributed by atoms with Gasteiger partial charge >= 0.3 is 5.97 Å². The van der Waals surface area contributed by atoms with Crippen molar-refractivity contribution in [2.75, 3.05) is 6.61 Å². The van der Waals surface area contributed by atoms with Crippen molar-refractivity contribution in [3.63, 3.8) is 0 Å². The molecule has 0 aromatic carbocycles. The van der Waals surface area contributed by atoms with E-state index in [2.05, 4.69) is 12.7 Å². The fourth-order valence-electron chi connectivity index (χ4n) is 2.05. The minimum atomic E-state index is -0.198. The first kappa shape index (κ1) is 14.7. The summed E-state index contributed by atoms with van der Waals surface area (Å²) in [7, 11) is 0. The second kappa shape index (κ2) is 9.69. The lowest BCUT2D eigenvalue weighted by molar-refractivity contribution is -0.138. The predicted molar refractivity (Wildman–Crippen MR) is 75.3 cm³/mol. The van der Waals surface area contributed by atoms with Crippen LogP contribution in [0.15, 0.2) is 36.5 Å². The van der Waals surface area contributed by atoms with Gasteiger partial charge in [0.05, 0.1) is 0 Å². The molecule has 1 aliphatic rings. The molecular formula is C16H24O2. The maximum absolute atomic E-state index is 11.8. The Kier molecular flexibility index (Phi) is 7.94. The van der Waals surface area contributed by atoms with Crippen LogP contribution >= 0.6 is 0 Å². The first-order valence-electron chi connectivity index (χ1n) is 6.98. The van der Waals surface area contributed by atoms with Crippen molar-refractivity contribution in [2.24, 2.45) is 0 Å². The van der Waals surface area contributed by atoms with E-state index in [-0.39, 0.29) is 5.97 Å². The third kappa shape index (κ3) is 6.43. The van der Waals surface area contributed by atoms with Gasteiger partial charge in [-0.05, 0) is 25.7 Å². The van der Waals surface area contributed by atoms with Crippen molar-refractivity contribution >= 4 is 5.97 Å². The van der Waals surface area contributed by atoms with Crippen LogP contribution in [0.1, 0.15) is 51.4 Å². The number of carbonyl (C=O) groups is 1. The van der Waals surface area contributed by atoms with E-state index in [9.17, 15) is 4.79 Å². The lowest BCUT2D eigenvalue weighted by Gasteiger charge is -2.07. The third-order valence-corrected chi connectivity index (χ3v) is 3.09. The predicted octanol–water partition coefficient (Wildman–Crippen LogP) is 4.33. The molecule has 0 saturated heterocycles. The number of hydrogen-bond donors (Lipinski definition) is 0. The molecule has 0 spiro atoms. The Balaban J connectivity index is 2.56. The molecule has 1 rings (SSSR count). The molecule has 18 heavy (non-hydrogen) atoms. The highest BCUT2D eigenvalue weighted by molar-refractivity contribution is 5.88. The Morgan fingerprint density at radius 3 is 2.72 bits per heavy atom. The van der Waals surface area contributed by atoms with Crippen molar-refractivity contribution in [2.45, 2.75) is 51.4 Å². The monoisotopic (exact) mass is 248 g/mol. The van der Waals surface area contributed by atoms with Crippen LogP contribution in [0.5, 0.6) is 0 Å². The molecule has 1 aliphatic carbocycles. The van der Waals surface area contributed by atoms with Crippen LogP contribution < -0.4 is 0 Å². The molecule has 0 aliphatic heterocycles. The van der Waals surface area contributed by atoms with Crippen LogP contribution in [0.3, 0.4) is 0 Å². The molecule has 0 radical (unpaired) electrons. The van der Waals surface area contributed by atoms with Crippen LogP contribution in [0.2, 0.25) is 0 Å². The first-order chi connectivity index (χ1) is 8.84. The van der Waals surface area contributed by atoms with Crippen molar-refractivity contribution < 1.29 is 9.53 Å². The zero-order valence-corrected chi connectivity index (χ0v) is 11.2. The average molecular weight is 248 g/mol. The molecule has 0 saturated carbocycles. The fraction of sp³-hybridized carbons (Fsp3) is 0.562. The summed E-state index contributed by atoms with van der Waals surface area (Å²) in [5.41, 5.74) is 0.786.